The fourth-order valence-electron chi connectivity index (χ4n) is 2.52. The third-order valence-corrected chi connectivity index (χ3v) is 3.83. The molecule has 0 radical (unpaired) electrons. The molecule has 2 aromatic rings. The second kappa shape index (κ2) is 6.02. The van der Waals surface area contributed by atoms with E-state index in [-0.39, 0.29) is 19.5 Å². The molecule has 2 atom stereocenters. The zero-order valence-corrected chi connectivity index (χ0v) is 12.3. The summed E-state index contributed by atoms with van der Waals surface area (Å²) in [5.41, 5.74) is 6.02. The standard InChI is InChI=1S/C14H14ClFN4O2/c15-9-3-1-8(2-4-9)14-19-18-12(22-14)7-20-6-10(16)5-11(20)13(17)21/h1-4,10-11H,5-7H2,(H2,17,21)/t10-,11+/m1/s1. The van der Waals surface area contributed by atoms with Crippen molar-refractivity contribution in [3.63, 3.8) is 0 Å². The van der Waals surface area contributed by atoms with Crippen molar-refractivity contribution in [3.05, 3.63) is 35.2 Å². The van der Waals surface area contributed by atoms with Crippen molar-refractivity contribution in [1.29, 1.82) is 0 Å². The Bertz CT molecular complexity index is 676. The zero-order chi connectivity index (χ0) is 15.7. The number of aromatic nitrogens is 2. The number of hydrogen-bond donors (Lipinski definition) is 1. The lowest BCUT2D eigenvalue weighted by molar-refractivity contribution is -0.122. The van der Waals surface area contributed by atoms with Crippen molar-refractivity contribution in [1.82, 2.24) is 15.1 Å². The van der Waals surface area contributed by atoms with E-state index in [4.69, 9.17) is 21.8 Å². The van der Waals surface area contributed by atoms with Crippen molar-refractivity contribution in [2.75, 3.05) is 6.54 Å². The molecule has 3 rings (SSSR count). The van der Waals surface area contributed by atoms with Gasteiger partial charge in [0.05, 0.1) is 12.6 Å². The van der Waals surface area contributed by atoms with Gasteiger partial charge in [0.1, 0.15) is 6.17 Å². The van der Waals surface area contributed by atoms with E-state index in [0.29, 0.717) is 16.8 Å². The highest BCUT2D eigenvalue weighted by molar-refractivity contribution is 6.30. The van der Waals surface area contributed by atoms with Gasteiger partial charge in [0.15, 0.2) is 0 Å². The highest BCUT2D eigenvalue weighted by Crippen LogP contribution is 2.24. The molecular formula is C14H14ClFN4O2. The van der Waals surface area contributed by atoms with Gasteiger partial charge in [0.2, 0.25) is 17.7 Å². The second-order valence-electron chi connectivity index (χ2n) is 5.19. The molecule has 1 aliphatic heterocycles. The lowest BCUT2D eigenvalue weighted by atomic mass is 10.2. The lowest BCUT2D eigenvalue weighted by Crippen LogP contribution is -2.39. The van der Waals surface area contributed by atoms with Gasteiger partial charge in [-0.3, -0.25) is 9.69 Å². The normalized spacial score (nSPS) is 22.1. The molecule has 1 aliphatic rings. The molecule has 116 valence electrons. The van der Waals surface area contributed by atoms with Crippen LogP contribution in [0.3, 0.4) is 0 Å². The summed E-state index contributed by atoms with van der Waals surface area (Å²) in [6.07, 6.45) is -0.968. The Hall–Kier alpha value is -1.99. The number of amides is 1. The predicted molar refractivity (Wildman–Crippen MR) is 77.6 cm³/mol. The van der Waals surface area contributed by atoms with Crippen LogP contribution >= 0.6 is 11.6 Å². The molecule has 0 saturated carbocycles. The average Bonchev–Trinajstić information content (AvgIpc) is 3.07. The molecule has 1 amide bonds. The smallest absolute Gasteiger partial charge is 0.247 e. The molecule has 1 aromatic carbocycles. The van der Waals surface area contributed by atoms with Crippen LogP contribution in [-0.4, -0.2) is 39.8 Å². The van der Waals surface area contributed by atoms with E-state index < -0.39 is 18.1 Å². The highest BCUT2D eigenvalue weighted by atomic mass is 35.5. The number of carbonyl (C=O) groups excluding carboxylic acids is 1. The quantitative estimate of drug-likeness (QED) is 0.926. The van der Waals surface area contributed by atoms with Crippen LogP contribution in [0.1, 0.15) is 12.3 Å². The van der Waals surface area contributed by atoms with Crippen LogP contribution in [0.5, 0.6) is 0 Å². The Morgan fingerprint density at radius 1 is 1.41 bits per heavy atom. The number of nitrogens with zero attached hydrogens (tertiary/aromatic N) is 3. The maximum absolute atomic E-state index is 13.5. The van der Waals surface area contributed by atoms with Gasteiger partial charge in [-0.15, -0.1) is 10.2 Å². The Morgan fingerprint density at radius 2 is 2.14 bits per heavy atom. The van der Waals surface area contributed by atoms with Gasteiger partial charge in [-0.1, -0.05) is 11.6 Å². The number of hydrogen-bond acceptors (Lipinski definition) is 5. The van der Waals surface area contributed by atoms with Crippen LogP contribution in [0, 0.1) is 0 Å². The van der Waals surface area contributed by atoms with Crippen LogP contribution < -0.4 is 5.73 Å². The number of halogens is 2. The number of likely N-dealkylation sites (tertiary alicyclic amines) is 1. The first kappa shape index (κ1) is 14.9. The number of rotatable bonds is 4. The Labute approximate surface area is 131 Å². The van der Waals surface area contributed by atoms with E-state index in [2.05, 4.69) is 10.2 Å². The van der Waals surface area contributed by atoms with E-state index in [1.807, 2.05) is 0 Å². The first-order valence-electron chi connectivity index (χ1n) is 6.78. The SMILES string of the molecule is NC(=O)[C@@H]1C[C@@H](F)CN1Cc1nnc(-c2ccc(Cl)cc2)o1. The fraction of sp³-hybridized carbons (Fsp3) is 0.357. The minimum absolute atomic E-state index is 0.105. The van der Waals surface area contributed by atoms with E-state index in [0.717, 1.165) is 5.56 Å². The van der Waals surface area contributed by atoms with Gasteiger partial charge in [0, 0.05) is 23.6 Å². The van der Waals surface area contributed by atoms with E-state index in [9.17, 15) is 9.18 Å². The monoisotopic (exact) mass is 324 g/mol. The molecule has 0 aliphatic carbocycles. The molecule has 2 N–H and O–H groups in total. The van der Waals surface area contributed by atoms with Gasteiger partial charge in [-0.25, -0.2) is 4.39 Å². The number of primary amides is 1. The van der Waals surface area contributed by atoms with Crippen LogP contribution in [0.25, 0.3) is 11.5 Å². The van der Waals surface area contributed by atoms with Gasteiger partial charge >= 0.3 is 0 Å². The third-order valence-electron chi connectivity index (χ3n) is 3.58. The minimum Gasteiger partial charge on any atom is -0.419 e. The first-order valence-corrected chi connectivity index (χ1v) is 7.16. The Kier molecular flexibility index (Phi) is 4.08. The topological polar surface area (TPSA) is 85.3 Å². The summed E-state index contributed by atoms with van der Waals surface area (Å²) in [5.74, 6) is 0.112. The molecule has 0 bridgehead atoms. The molecule has 1 aromatic heterocycles. The van der Waals surface area contributed by atoms with Crippen LogP contribution in [0.4, 0.5) is 4.39 Å². The van der Waals surface area contributed by atoms with Crippen LogP contribution in [-0.2, 0) is 11.3 Å². The second-order valence-corrected chi connectivity index (χ2v) is 5.62. The summed E-state index contributed by atoms with van der Waals surface area (Å²) in [6, 6.07) is 6.33. The Balaban J connectivity index is 1.74. The summed E-state index contributed by atoms with van der Waals surface area (Å²) in [4.78, 5) is 13.0. The van der Waals surface area contributed by atoms with Crippen molar-refractivity contribution >= 4 is 17.5 Å². The first-order chi connectivity index (χ1) is 10.5. The van der Waals surface area contributed by atoms with Crippen molar-refractivity contribution in [2.24, 2.45) is 5.73 Å². The minimum atomic E-state index is -1.07. The molecule has 0 spiro atoms. The molecule has 22 heavy (non-hydrogen) atoms. The molecule has 0 unspecified atom stereocenters. The highest BCUT2D eigenvalue weighted by Gasteiger charge is 2.36. The predicted octanol–water partition coefficient (Wildman–Crippen LogP) is 1.79. The van der Waals surface area contributed by atoms with Crippen molar-refractivity contribution < 1.29 is 13.6 Å². The summed E-state index contributed by atoms with van der Waals surface area (Å²) >= 11 is 5.82. The van der Waals surface area contributed by atoms with Gasteiger partial charge < -0.3 is 10.2 Å². The largest absolute Gasteiger partial charge is 0.419 e. The maximum atomic E-state index is 13.5. The van der Waals surface area contributed by atoms with Crippen LogP contribution in [0.2, 0.25) is 5.02 Å². The van der Waals surface area contributed by atoms with Gasteiger partial charge in [-0.05, 0) is 24.3 Å². The molecule has 1 saturated heterocycles. The van der Waals surface area contributed by atoms with Crippen LogP contribution in [0.15, 0.2) is 28.7 Å². The van der Waals surface area contributed by atoms with E-state index in [1.165, 1.54) is 0 Å². The van der Waals surface area contributed by atoms with Crippen molar-refractivity contribution in [3.8, 4) is 11.5 Å². The summed E-state index contributed by atoms with van der Waals surface area (Å²) in [7, 11) is 0. The van der Waals surface area contributed by atoms with Crippen molar-refractivity contribution in [2.45, 2.75) is 25.2 Å². The maximum Gasteiger partial charge on any atom is 0.247 e. The molecule has 1 fully saturated rings. The molecule has 2 heterocycles. The Morgan fingerprint density at radius 3 is 2.82 bits per heavy atom. The number of alkyl halides is 1. The number of carbonyl (C=O) groups is 1. The number of benzene rings is 1. The van der Waals surface area contributed by atoms with Gasteiger partial charge in [0.25, 0.3) is 0 Å². The summed E-state index contributed by atoms with van der Waals surface area (Å²) in [6.45, 7) is 0.320. The number of nitrogens with two attached hydrogens (primary N) is 1. The molecule has 6 nitrogen and oxygen atoms in total. The zero-order valence-electron chi connectivity index (χ0n) is 11.6. The summed E-state index contributed by atoms with van der Waals surface area (Å²) < 4.78 is 19.0. The third kappa shape index (κ3) is 3.10. The lowest BCUT2D eigenvalue weighted by Gasteiger charge is -2.18. The molecular weight excluding hydrogens is 311 g/mol. The fourth-order valence-corrected chi connectivity index (χ4v) is 2.64. The van der Waals surface area contributed by atoms with Gasteiger partial charge in [-0.2, -0.15) is 0 Å². The van der Waals surface area contributed by atoms with E-state index in [1.54, 1.807) is 29.2 Å². The van der Waals surface area contributed by atoms with E-state index >= 15 is 0 Å². The molecule has 8 heteroatoms. The summed E-state index contributed by atoms with van der Waals surface area (Å²) in [5, 5.41) is 8.49. The average molecular weight is 325 g/mol.